The number of hydrogen-bond donors (Lipinski definition) is 0. The molecule has 0 aliphatic rings. The zero-order valence-electron chi connectivity index (χ0n) is 31.1. The Morgan fingerprint density at radius 2 is 0.940 bits per heavy atom. The summed E-state index contributed by atoms with van der Waals surface area (Å²) in [6.07, 6.45) is 0. The van der Waals surface area contributed by atoms with Crippen molar-refractivity contribution < 1.29 is 5.48 Å². The molecule has 4 heteroatoms. The van der Waals surface area contributed by atoms with Gasteiger partial charge in [0.05, 0.1) is 22.2 Å². The molecule has 9 rings (SSSR count). The van der Waals surface area contributed by atoms with Gasteiger partial charge in [-0.3, -0.25) is 4.57 Å². The second-order valence-corrected chi connectivity index (χ2v) is 16.0. The maximum atomic E-state index is 10.2. The topological polar surface area (TPSA) is 30.7 Å². The molecule has 0 spiro atoms. The summed E-state index contributed by atoms with van der Waals surface area (Å²) in [6.45, 7) is 0. The lowest BCUT2D eigenvalue weighted by Crippen LogP contribution is -2.74. The minimum Gasteiger partial charge on any atom is -0.294 e. The third-order valence-corrected chi connectivity index (χ3v) is 14.0. The van der Waals surface area contributed by atoms with E-state index in [0.29, 0.717) is 16.7 Å². The highest BCUT2D eigenvalue weighted by Gasteiger charge is 2.41. The Bertz CT molecular complexity index is 2660. The van der Waals surface area contributed by atoms with Crippen LogP contribution in [0.4, 0.5) is 0 Å². The first-order valence-electron chi connectivity index (χ1n) is 18.7. The van der Waals surface area contributed by atoms with Gasteiger partial charge in [0.2, 0.25) is 0 Å². The standard InChI is InChI=1S/C46H33N3Si/c1-5-18-34(19-6-1)42-33-45(49-43-30-15-13-28-40(43)41-29-14-16-31-44(41)49)48-46(47-42)35-20-17-27-39(32-35)50(36-21-7-2-8-22-36,37-23-9-3-10-24-37)38-25-11-4-12-26-38/h1-33H/i17D,20D,27D,32D. The fourth-order valence-electron chi connectivity index (χ4n) is 7.23. The lowest BCUT2D eigenvalue weighted by molar-refractivity contribution is 1.05. The van der Waals surface area contributed by atoms with Crippen molar-refractivity contribution in [3.8, 4) is 28.5 Å². The third kappa shape index (κ3) is 4.97. The maximum Gasteiger partial charge on any atom is 0.179 e. The van der Waals surface area contributed by atoms with Gasteiger partial charge < -0.3 is 0 Å². The van der Waals surface area contributed by atoms with E-state index in [0.717, 1.165) is 42.9 Å². The highest BCUT2D eigenvalue weighted by molar-refractivity contribution is 7.19. The molecule has 0 saturated carbocycles. The van der Waals surface area contributed by atoms with E-state index in [1.54, 1.807) is 0 Å². The number of hydrogen-bond acceptors (Lipinski definition) is 2. The van der Waals surface area contributed by atoms with Gasteiger partial charge in [0.25, 0.3) is 0 Å². The summed E-state index contributed by atoms with van der Waals surface area (Å²) in [5.74, 6) is 0.742. The number of para-hydroxylation sites is 2. The summed E-state index contributed by atoms with van der Waals surface area (Å²) in [5, 5.41) is 5.49. The Kier molecular flexibility index (Phi) is 6.45. The van der Waals surface area contributed by atoms with Crippen LogP contribution in [0.15, 0.2) is 200 Å². The third-order valence-electron chi connectivity index (χ3n) is 9.44. The summed E-state index contributed by atoms with van der Waals surface area (Å²) in [4.78, 5) is 10.3. The molecule has 0 amide bonds. The summed E-state index contributed by atoms with van der Waals surface area (Å²) < 4.78 is 40.7. The van der Waals surface area contributed by atoms with Crippen LogP contribution in [-0.2, 0) is 0 Å². The molecule has 50 heavy (non-hydrogen) atoms. The van der Waals surface area contributed by atoms with E-state index in [2.05, 4.69) is 65.2 Å². The number of rotatable bonds is 7. The van der Waals surface area contributed by atoms with E-state index >= 15 is 0 Å². The van der Waals surface area contributed by atoms with Crippen LogP contribution < -0.4 is 20.7 Å². The number of fused-ring (bicyclic) bond motifs is 3. The van der Waals surface area contributed by atoms with Crippen molar-refractivity contribution in [3.63, 3.8) is 0 Å². The van der Waals surface area contributed by atoms with E-state index in [1.165, 1.54) is 0 Å². The van der Waals surface area contributed by atoms with Crippen LogP contribution in [0.25, 0.3) is 50.3 Å². The van der Waals surface area contributed by atoms with E-state index in [9.17, 15) is 5.48 Å². The van der Waals surface area contributed by atoms with Gasteiger partial charge in [-0.05, 0) is 32.9 Å². The maximum absolute atomic E-state index is 10.2. The van der Waals surface area contributed by atoms with Crippen LogP contribution in [0.1, 0.15) is 5.48 Å². The second-order valence-electron chi connectivity index (χ2n) is 12.3. The molecule has 2 heterocycles. The van der Waals surface area contributed by atoms with Crippen LogP contribution in [0.3, 0.4) is 0 Å². The Morgan fingerprint density at radius 3 is 1.48 bits per heavy atom. The van der Waals surface area contributed by atoms with E-state index in [4.69, 9.17) is 9.97 Å². The molecule has 0 N–H and O–H groups in total. The first-order chi connectivity index (χ1) is 26.5. The zero-order chi connectivity index (χ0) is 36.8. The molecule has 7 aromatic carbocycles. The molecule has 2 aromatic heterocycles. The van der Waals surface area contributed by atoms with Crippen molar-refractivity contribution in [2.75, 3.05) is 0 Å². The highest BCUT2D eigenvalue weighted by Crippen LogP contribution is 2.33. The molecular formula is C46H33N3Si. The quantitative estimate of drug-likeness (QED) is 0.127. The molecule has 0 fully saturated rings. The predicted molar refractivity (Wildman–Crippen MR) is 211 cm³/mol. The van der Waals surface area contributed by atoms with Crippen molar-refractivity contribution in [1.82, 2.24) is 14.5 Å². The number of nitrogens with zero attached hydrogens (tertiary/aromatic N) is 3. The molecule has 0 unspecified atom stereocenters. The molecule has 0 saturated heterocycles. The monoisotopic (exact) mass is 659 g/mol. The lowest BCUT2D eigenvalue weighted by Gasteiger charge is -2.34. The van der Waals surface area contributed by atoms with Gasteiger partial charge in [0.1, 0.15) is 5.82 Å². The van der Waals surface area contributed by atoms with Gasteiger partial charge in [-0.15, -0.1) is 0 Å². The SMILES string of the molecule is [2H]c1c([2H])c(-c2nc(-c3ccccc3)cc(-n3c4ccccc4c4ccccc43)n2)c([2H])c([Si](c2ccccc2)(c2ccccc2)c2ccccc2)c1[2H]. The smallest absolute Gasteiger partial charge is 0.179 e. The Morgan fingerprint density at radius 1 is 0.460 bits per heavy atom. The minimum atomic E-state index is -3.46. The van der Waals surface area contributed by atoms with Gasteiger partial charge in [0, 0.05) is 28.0 Å². The molecule has 0 radical (unpaired) electrons. The highest BCUT2D eigenvalue weighted by atomic mass is 28.3. The van der Waals surface area contributed by atoms with Gasteiger partial charge in [-0.1, -0.05) is 182 Å². The summed E-state index contributed by atoms with van der Waals surface area (Å²) in [5.41, 5.74) is 3.53. The number of aromatic nitrogens is 3. The first-order valence-corrected chi connectivity index (χ1v) is 18.7. The van der Waals surface area contributed by atoms with Crippen molar-refractivity contribution in [1.29, 1.82) is 0 Å². The van der Waals surface area contributed by atoms with Crippen molar-refractivity contribution in [3.05, 3.63) is 200 Å². The van der Waals surface area contributed by atoms with E-state index < -0.39 is 8.07 Å². The number of benzene rings is 7. The molecule has 0 bridgehead atoms. The average molecular weight is 660 g/mol. The van der Waals surface area contributed by atoms with E-state index in [-0.39, 0.29) is 35.6 Å². The van der Waals surface area contributed by atoms with Crippen LogP contribution in [0.5, 0.6) is 0 Å². The van der Waals surface area contributed by atoms with Crippen molar-refractivity contribution in [2.45, 2.75) is 0 Å². The Hall–Kier alpha value is -6.36. The van der Waals surface area contributed by atoms with Crippen molar-refractivity contribution in [2.24, 2.45) is 0 Å². The van der Waals surface area contributed by atoms with Gasteiger partial charge >= 0.3 is 0 Å². The minimum absolute atomic E-state index is 0.0115. The molecule has 0 aliphatic heterocycles. The van der Waals surface area contributed by atoms with Gasteiger partial charge in [-0.2, -0.15) is 0 Å². The molecule has 9 aromatic rings. The summed E-state index contributed by atoms with van der Waals surface area (Å²) >= 11 is 0. The fraction of sp³-hybridized carbons (Fsp3) is 0. The molecule has 3 nitrogen and oxygen atoms in total. The molecular weight excluding hydrogens is 623 g/mol. The predicted octanol–water partition coefficient (Wildman–Crippen LogP) is 8.29. The molecule has 0 atom stereocenters. The first kappa shape index (κ1) is 25.6. The van der Waals surface area contributed by atoms with Crippen molar-refractivity contribution >= 4 is 50.6 Å². The molecule has 0 aliphatic carbocycles. The van der Waals surface area contributed by atoms with Gasteiger partial charge in [0.15, 0.2) is 13.9 Å². The molecule has 236 valence electrons. The fourth-order valence-corrected chi connectivity index (χ4v) is 11.7. The Balaban J connectivity index is 1.41. The summed E-state index contributed by atoms with van der Waals surface area (Å²) in [7, 11) is -3.46. The van der Waals surface area contributed by atoms with Crippen LogP contribution in [-0.4, -0.2) is 22.6 Å². The van der Waals surface area contributed by atoms with Crippen LogP contribution in [0, 0.1) is 0 Å². The van der Waals surface area contributed by atoms with Crippen LogP contribution >= 0.6 is 0 Å². The largest absolute Gasteiger partial charge is 0.294 e. The van der Waals surface area contributed by atoms with E-state index in [1.807, 2.05) is 115 Å². The zero-order valence-corrected chi connectivity index (χ0v) is 28.1. The van der Waals surface area contributed by atoms with Crippen LogP contribution in [0.2, 0.25) is 0 Å². The normalized spacial score (nSPS) is 12.7. The lowest BCUT2D eigenvalue weighted by atomic mass is 10.1. The van der Waals surface area contributed by atoms with Gasteiger partial charge in [-0.25, -0.2) is 9.97 Å². The summed E-state index contributed by atoms with van der Waals surface area (Å²) in [6, 6.07) is 57.8. The Labute approximate surface area is 298 Å². The average Bonchev–Trinajstić information content (AvgIpc) is 3.57. The second kappa shape index (κ2) is 12.6.